The molecule has 1 amide bonds. The number of hydrogen-bond donors (Lipinski definition) is 2. The second-order valence-electron chi connectivity index (χ2n) is 8.02. The number of ether oxygens (including phenoxy) is 1. The van der Waals surface area contributed by atoms with Crippen LogP contribution in [-0.2, 0) is 6.54 Å². The molecule has 5 nitrogen and oxygen atoms in total. The third-order valence-corrected chi connectivity index (χ3v) is 5.60. The van der Waals surface area contributed by atoms with Crippen LogP contribution in [0.2, 0.25) is 0 Å². The third kappa shape index (κ3) is 10.1. The number of aromatic nitrogens is 1. The average molecular weight is 392 g/mol. The van der Waals surface area contributed by atoms with Crippen molar-refractivity contribution in [2.45, 2.75) is 97.9 Å². The van der Waals surface area contributed by atoms with Gasteiger partial charge in [0.2, 0.25) is 5.88 Å². The van der Waals surface area contributed by atoms with Crippen molar-refractivity contribution in [3.8, 4) is 5.88 Å². The van der Waals surface area contributed by atoms with E-state index in [1.165, 1.54) is 70.6 Å². The topological polar surface area (TPSA) is 77.2 Å². The first kappa shape index (κ1) is 24.4. The van der Waals surface area contributed by atoms with Crippen LogP contribution in [0, 0.1) is 5.41 Å². The van der Waals surface area contributed by atoms with Crippen LogP contribution in [0.5, 0.6) is 5.88 Å². The summed E-state index contributed by atoms with van der Waals surface area (Å²) in [5.41, 5.74) is 6.57. The monoisotopic (exact) mass is 391 g/mol. The smallest absolute Gasteiger partial charge is 0.391 e. The highest BCUT2D eigenvalue weighted by atomic mass is 16.6. The van der Waals surface area contributed by atoms with E-state index in [1.807, 2.05) is 6.07 Å². The Morgan fingerprint density at radius 3 is 2.18 bits per heavy atom. The number of hydrogen-bond acceptors (Lipinski definition) is 4. The van der Waals surface area contributed by atoms with Crippen LogP contribution < -0.4 is 15.8 Å². The first-order chi connectivity index (χ1) is 13.5. The summed E-state index contributed by atoms with van der Waals surface area (Å²) < 4.78 is 4.77. The van der Waals surface area contributed by atoms with Gasteiger partial charge in [-0.1, -0.05) is 71.8 Å². The van der Waals surface area contributed by atoms with E-state index >= 15 is 0 Å². The molecule has 0 bridgehead atoms. The molecule has 0 unspecified atom stereocenters. The fourth-order valence-corrected chi connectivity index (χ4v) is 3.87. The van der Waals surface area contributed by atoms with E-state index in [0.29, 0.717) is 5.41 Å². The van der Waals surface area contributed by atoms with Gasteiger partial charge in [0, 0.05) is 18.8 Å². The van der Waals surface area contributed by atoms with Gasteiger partial charge >= 0.3 is 6.09 Å². The maximum Gasteiger partial charge on any atom is 0.411 e. The zero-order valence-electron chi connectivity index (χ0n) is 18.3. The zero-order valence-corrected chi connectivity index (χ0v) is 18.3. The third-order valence-electron chi connectivity index (χ3n) is 5.60. The minimum Gasteiger partial charge on any atom is -0.391 e. The molecule has 1 aromatic rings. The molecular weight excluding hydrogens is 350 g/mol. The quantitative estimate of drug-likeness (QED) is 0.341. The van der Waals surface area contributed by atoms with Crippen LogP contribution in [0.25, 0.3) is 0 Å². The lowest BCUT2D eigenvalue weighted by Crippen LogP contribution is -2.27. The first-order valence-electron chi connectivity index (χ1n) is 11.2. The number of pyridine rings is 1. The van der Waals surface area contributed by atoms with Gasteiger partial charge in [0.15, 0.2) is 0 Å². The molecule has 0 atom stereocenters. The molecule has 0 saturated heterocycles. The van der Waals surface area contributed by atoms with Gasteiger partial charge in [-0.05, 0) is 43.2 Å². The van der Waals surface area contributed by atoms with E-state index in [9.17, 15) is 4.79 Å². The highest BCUT2D eigenvalue weighted by Gasteiger charge is 2.27. The number of nitrogens with one attached hydrogen (secondary N) is 1. The molecule has 1 aromatic heterocycles. The number of rotatable bonds is 16. The van der Waals surface area contributed by atoms with E-state index in [0.717, 1.165) is 18.7 Å². The van der Waals surface area contributed by atoms with Crippen LogP contribution in [0.3, 0.4) is 0 Å². The van der Waals surface area contributed by atoms with Crippen molar-refractivity contribution in [3.63, 3.8) is 0 Å². The van der Waals surface area contributed by atoms with Crippen molar-refractivity contribution >= 4 is 6.09 Å². The molecule has 0 radical (unpaired) electrons. The Balaban J connectivity index is 2.55. The second kappa shape index (κ2) is 14.4. The lowest BCUT2D eigenvalue weighted by Gasteiger charge is -2.35. The normalized spacial score (nSPS) is 11.5. The minimum atomic E-state index is -0.836. The lowest BCUT2D eigenvalue weighted by molar-refractivity contribution is 0.179. The number of carbonyl (C=O) groups is 1. The fraction of sp³-hybridized carbons (Fsp3) is 0.739. The summed E-state index contributed by atoms with van der Waals surface area (Å²) in [5, 5.41) is 3.59. The van der Waals surface area contributed by atoms with Crippen LogP contribution in [-0.4, -0.2) is 17.6 Å². The molecule has 1 heterocycles. The van der Waals surface area contributed by atoms with Crippen LogP contribution in [0.4, 0.5) is 4.79 Å². The Hall–Kier alpha value is -1.62. The molecule has 1 rings (SSSR count). The van der Waals surface area contributed by atoms with Crippen LogP contribution in [0.1, 0.15) is 97.0 Å². The van der Waals surface area contributed by atoms with E-state index < -0.39 is 6.09 Å². The molecule has 0 aliphatic heterocycles. The standard InChI is InChI=1S/C23H41N3O2/c1-4-7-10-15-23(13-8-5-2,14-9-6-3)16-17-25-18-20-11-12-21(26-19-20)28-22(24)27/h11-12,19,25H,4-10,13-18H2,1-3H3,(H2,24,27). The van der Waals surface area contributed by atoms with Crippen LogP contribution in [0.15, 0.2) is 18.3 Å². The van der Waals surface area contributed by atoms with Crippen molar-refractivity contribution in [2.75, 3.05) is 6.54 Å². The Morgan fingerprint density at radius 2 is 1.64 bits per heavy atom. The summed E-state index contributed by atoms with van der Waals surface area (Å²) in [6, 6.07) is 3.60. The van der Waals surface area contributed by atoms with Gasteiger partial charge in [-0.25, -0.2) is 9.78 Å². The van der Waals surface area contributed by atoms with Gasteiger partial charge in [-0.2, -0.15) is 0 Å². The second-order valence-corrected chi connectivity index (χ2v) is 8.02. The van der Waals surface area contributed by atoms with E-state index in [2.05, 4.69) is 31.1 Å². The summed E-state index contributed by atoms with van der Waals surface area (Å²) >= 11 is 0. The Kier molecular flexibility index (Phi) is 12.5. The molecule has 0 spiro atoms. The predicted octanol–water partition coefficient (Wildman–Crippen LogP) is 5.97. The Labute approximate surface area is 171 Å². The SMILES string of the molecule is CCCCCC(CCCC)(CCCC)CCNCc1ccc(OC(N)=O)nc1. The van der Waals surface area contributed by atoms with Gasteiger partial charge in [0.25, 0.3) is 0 Å². The van der Waals surface area contributed by atoms with Gasteiger partial charge in [0.1, 0.15) is 0 Å². The predicted molar refractivity (Wildman–Crippen MR) is 116 cm³/mol. The molecule has 160 valence electrons. The van der Waals surface area contributed by atoms with Gasteiger partial charge < -0.3 is 15.8 Å². The molecule has 3 N–H and O–H groups in total. The fourth-order valence-electron chi connectivity index (χ4n) is 3.87. The molecule has 0 aliphatic carbocycles. The summed E-state index contributed by atoms with van der Waals surface area (Å²) in [6.45, 7) is 8.69. The van der Waals surface area contributed by atoms with Gasteiger partial charge in [0.05, 0.1) is 0 Å². The van der Waals surface area contributed by atoms with Crippen molar-refractivity contribution in [3.05, 3.63) is 23.9 Å². The largest absolute Gasteiger partial charge is 0.411 e. The van der Waals surface area contributed by atoms with Gasteiger partial charge in [-0.15, -0.1) is 0 Å². The molecule has 5 heteroatoms. The highest BCUT2D eigenvalue weighted by molar-refractivity contribution is 5.67. The van der Waals surface area contributed by atoms with Crippen molar-refractivity contribution in [2.24, 2.45) is 11.1 Å². The average Bonchev–Trinajstić information content (AvgIpc) is 2.69. The minimum absolute atomic E-state index is 0.241. The molecular formula is C23H41N3O2. The molecule has 0 fully saturated rings. The van der Waals surface area contributed by atoms with Crippen molar-refractivity contribution in [1.82, 2.24) is 10.3 Å². The van der Waals surface area contributed by atoms with Crippen LogP contribution >= 0.6 is 0 Å². The summed E-state index contributed by atoms with van der Waals surface area (Å²) in [7, 11) is 0. The molecule has 28 heavy (non-hydrogen) atoms. The molecule has 0 aromatic carbocycles. The summed E-state index contributed by atoms with van der Waals surface area (Å²) in [4.78, 5) is 14.9. The van der Waals surface area contributed by atoms with E-state index in [-0.39, 0.29) is 5.88 Å². The molecule has 0 saturated carbocycles. The molecule has 0 aliphatic rings. The summed E-state index contributed by atoms with van der Waals surface area (Å²) in [6.07, 6.45) is 15.4. The summed E-state index contributed by atoms with van der Waals surface area (Å²) in [5.74, 6) is 0.241. The first-order valence-corrected chi connectivity index (χ1v) is 11.2. The number of unbranched alkanes of at least 4 members (excludes halogenated alkanes) is 4. The van der Waals surface area contributed by atoms with Crippen molar-refractivity contribution in [1.29, 1.82) is 0 Å². The zero-order chi connectivity index (χ0) is 20.7. The lowest BCUT2D eigenvalue weighted by atomic mass is 9.72. The van der Waals surface area contributed by atoms with E-state index in [4.69, 9.17) is 10.5 Å². The number of carbonyl (C=O) groups excluding carboxylic acids is 1. The number of primary amides is 1. The van der Waals surface area contributed by atoms with Gasteiger partial charge in [-0.3, -0.25) is 0 Å². The van der Waals surface area contributed by atoms with E-state index in [1.54, 1.807) is 12.3 Å². The van der Waals surface area contributed by atoms with Crippen molar-refractivity contribution < 1.29 is 9.53 Å². The number of nitrogens with two attached hydrogens (primary N) is 1. The number of nitrogens with zero attached hydrogens (tertiary/aromatic N) is 1. The Bertz CT molecular complexity index is 523. The maximum absolute atomic E-state index is 10.8. The highest BCUT2D eigenvalue weighted by Crippen LogP contribution is 2.39. The number of amides is 1. The maximum atomic E-state index is 10.8. The Morgan fingerprint density at radius 1 is 1.00 bits per heavy atom.